The molecule has 5 heteroatoms. The van der Waals surface area contributed by atoms with Gasteiger partial charge in [0.25, 0.3) is 0 Å². The molecule has 0 aliphatic heterocycles. The third-order valence-corrected chi connectivity index (χ3v) is 6.25. The maximum atomic E-state index is 13.6. The molecule has 0 heterocycles. The summed E-state index contributed by atoms with van der Waals surface area (Å²) in [5, 5.41) is 0. The first-order valence-electron chi connectivity index (χ1n) is 6.93. The van der Waals surface area contributed by atoms with Gasteiger partial charge in [-0.05, 0) is 36.4 Å². The van der Waals surface area contributed by atoms with E-state index in [2.05, 4.69) is 20.3 Å². The van der Waals surface area contributed by atoms with Crippen molar-refractivity contribution in [2.45, 2.75) is 18.7 Å². The van der Waals surface area contributed by atoms with Crippen molar-refractivity contribution in [3.05, 3.63) is 59.1 Å². The molecular formula is C16H19BrN2OS. The van der Waals surface area contributed by atoms with Crippen LogP contribution in [0.5, 0.6) is 0 Å². The number of hydrogen-bond acceptors (Lipinski definition) is 2. The summed E-state index contributed by atoms with van der Waals surface area (Å²) in [5.74, 6) is 0. The van der Waals surface area contributed by atoms with Gasteiger partial charge in [-0.15, -0.1) is 0 Å². The highest BCUT2D eigenvalue weighted by Gasteiger charge is 2.19. The van der Waals surface area contributed by atoms with E-state index >= 15 is 0 Å². The summed E-state index contributed by atoms with van der Waals surface area (Å²) in [7, 11) is -2.63. The lowest BCUT2D eigenvalue weighted by Crippen LogP contribution is -2.30. The molecule has 2 aromatic rings. The molecule has 0 saturated carbocycles. The Labute approximate surface area is 135 Å². The number of halogens is 1. The van der Waals surface area contributed by atoms with Gasteiger partial charge in [0.2, 0.25) is 0 Å². The maximum Gasteiger partial charge on any atom is 0.144 e. The molecule has 0 amide bonds. The first-order valence-corrected chi connectivity index (χ1v) is 9.19. The molecule has 2 aromatic carbocycles. The van der Waals surface area contributed by atoms with E-state index in [-0.39, 0.29) is 0 Å². The van der Waals surface area contributed by atoms with Crippen molar-refractivity contribution in [2.24, 2.45) is 4.36 Å². The van der Waals surface area contributed by atoms with E-state index in [4.69, 9.17) is 0 Å². The molecule has 112 valence electrons. The van der Waals surface area contributed by atoms with Crippen LogP contribution in [0.15, 0.2) is 68.3 Å². The van der Waals surface area contributed by atoms with Crippen molar-refractivity contribution >= 4 is 31.5 Å². The normalized spacial score (nSPS) is 13.9. The van der Waals surface area contributed by atoms with Crippen LogP contribution >= 0.6 is 15.9 Å². The Morgan fingerprint density at radius 2 is 1.57 bits per heavy atom. The van der Waals surface area contributed by atoms with Crippen molar-refractivity contribution < 1.29 is 4.21 Å². The van der Waals surface area contributed by atoms with Crippen molar-refractivity contribution in [1.82, 2.24) is 4.31 Å². The summed E-state index contributed by atoms with van der Waals surface area (Å²) in [4.78, 5) is 0.747. The molecule has 0 aliphatic carbocycles. The minimum Gasteiger partial charge on any atom is -0.228 e. The smallest absolute Gasteiger partial charge is 0.144 e. The van der Waals surface area contributed by atoms with E-state index in [1.807, 2.05) is 72.7 Å². The van der Waals surface area contributed by atoms with Gasteiger partial charge in [-0.1, -0.05) is 48.0 Å². The molecule has 0 saturated heterocycles. The standard InChI is InChI=1S/C16H19BrN2OS/c1-3-19(4-2)21(20,16-8-6-5-7-9-16)18-15-12-10-14(17)11-13-15/h5-13H,3-4H2,1-2H3. The predicted molar refractivity (Wildman–Crippen MR) is 92.0 cm³/mol. The van der Waals surface area contributed by atoms with Gasteiger partial charge in [0.05, 0.1) is 10.6 Å². The fourth-order valence-corrected chi connectivity index (χ4v) is 4.48. The molecule has 0 N–H and O–H groups in total. The van der Waals surface area contributed by atoms with E-state index in [1.54, 1.807) is 0 Å². The number of rotatable bonds is 5. The van der Waals surface area contributed by atoms with Gasteiger partial charge >= 0.3 is 0 Å². The highest BCUT2D eigenvalue weighted by molar-refractivity contribution is 9.10. The Morgan fingerprint density at radius 1 is 1.00 bits per heavy atom. The molecule has 21 heavy (non-hydrogen) atoms. The van der Waals surface area contributed by atoms with E-state index in [0.717, 1.165) is 15.1 Å². The van der Waals surface area contributed by atoms with Gasteiger partial charge in [0.1, 0.15) is 9.92 Å². The minimum atomic E-state index is -2.63. The van der Waals surface area contributed by atoms with Crippen molar-refractivity contribution in [2.75, 3.05) is 13.1 Å². The van der Waals surface area contributed by atoms with Gasteiger partial charge in [0, 0.05) is 17.6 Å². The predicted octanol–water partition coefficient (Wildman–Crippen LogP) is 4.86. The summed E-state index contributed by atoms with van der Waals surface area (Å²) in [6.45, 7) is 5.38. The summed E-state index contributed by atoms with van der Waals surface area (Å²) in [5.41, 5.74) is 0.721. The zero-order chi connectivity index (χ0) is 15.3. The molecule has 0 radical (unpaired) electrons. The third kappa shape index (κ3) is 3.73. The SMILES string of the molecule is CCN(CC)S(=O)(=Nc1ccc(Br)cc1)c1ccccc1. The Morgan fingerprint density at radius 3 is 2.10 bits per heavy atom. The lowest BCUT2D eigenvalue weighted by molar-refractivity contribution is 0.482. The average Bonchev–Trinajstić information content (AvgIpc) is 2.52. The number of benzene rings is 2. The average molecular weight is 367 g/mol. The first-order chi connectivity index (χ1) is 10.1. The Balaban J connectivity index is 2.61. The maximum absolute atomic E-state index is 13.6. The Hall–Kier alpha value is -1.17. The summed E-state index contributed by atoms with van der Waals surface area (Å²) >= 11 is 3.40. The van der Waals surface area contributed by atoms with Crippen LogP contribution in [0.25, 0.3) is 0 Å². The van der Waals surface area contributed by atoms with Crippen molar-refractivity contribution in [1.29, 1.82) is 0 Å². The largest absolute Gasteiger partial charge is 0.228 e. The van der Waals surface area contributed by atoms with Crippen LogP contribution in [-0.4, -0.2) is 21.6 Å². The molecular weight excluding hydrogens is 348 g/mol. The van der Waals surface area contributed by atoms with Crippen LogP contribution < -0.4 is 0 Å². The monoisotopic (exact) mass is 366 g/mol. The van der Waals surface area contributed by atoms with Crippen LogP contribution in [0.1, 0.15) is 13.8 Å². The molecule has 0 aliphatic rings. The second kappa shape index (κ2) is 7.20. The summed E-state index contributed by atoms with van der Waals surface area (Å²) in [6.07, 6.45) is 0. The van der Waals surface area contributed by atoms with Crippen LogP contribution in [0.3, 0.4) is 0 Å². The molecule has 0 aromatic heterocycles. The second-order valence-corrected chi connectivity index (χ2v) is 7.57. The lowest BCUT2D eigenvalue weighted by atomic mass is 10.3. The van der Waals surface area contributed by atoms with Gasteiger partial charge in [-0.25, -0.2) is 8.51 Å². The first kappa shape index (κ1) is 16.2. The highest BCUT2D eigenvalue weighted by atomic mass is 79.9. The molecule has 0 spiro atoms. The zero-order valence-corrected chi connectivity index (χ0v) is 14.6. The van der Waals surface area contributed by atoms with E-state index in [9.17, 15) is 4.21 Å². The summed E-state index contributed by atoms with van der Waals surface area (Å²) < 4.78 is 21.0. The molecule has 0 fully saturated rings. The van der Waals surface area contributed by atoms with Crippen LogP contribution in [0.4, 0.5) is 5.69 Å². The van der Waals surface area contributed by atoms with Crippen LogP contribution in [0, 0.1) is 0 Å². The van der Waals surface area contributed by atoms with Gasteiger partial charge in [0.15, 0.2) is 0 Å². The molecule has 1 atom stereocenters. The molecule has 2 rings (SSSR count). The second-order valence-electron chi connectivity index (χ2n) is 4.49. The van der Waals surface area contributed by atoms with E-state index in [1.165, 1.54) is 0 Å². The molecule has 0 bridgehead atoms. The van der Waals surface area contributed by atoms with E-state index in [0.29, 0.717) is 13.1 Å². The Kier molecular flexibility index (Phi) is 5.56. The fourth-order valence-electron chi connectivity index (χ4n) is 2.08. The molecule has 3 nitrogen and oxygen atoms in total. The third-order valence-electron chi connectivity index (χ3n) is 3.16. The summed E-state index contributed by atoms with van der Waals surface area (Å²) in [6, 6.07) is 17.0. The zero-order valence-electron chi connectivity index (χ0n) is 12.2. The Bertz CT molecular complexity index is 688. The van der Waals surface area contributed by atoms with Gasteiger partial charge in [-0.2, -0.15) is 4.36 Å². The van der Waals surface area contributed by atoms with Crippen molar-refractivity contribution in [3.8, 4) is 0 Å². The van der Waals surface area contributed by atoms with Gasteiger partial charge < -0.3 is 0 Å². The van der Waals surface area contributed by atoms with E-state index < -0.39 is 9.92 Å². The number of hydrogen-bond donors (Lipinski definition) is 0. The molecule has 1 unspecified atom stereocenters. The lowest BCUT2D eigenvalue weighted by Gasteiger charge is -2.23. The minimum absolute atomic E-state index is 0.685. The number of nitrogens with zero attached hydrogens (tertiary/aromatic N) is 2. The van der Waals surface area contributed by atoms with Crippen LogP contribution in [-0.2, 0) is 9.92 Å². The highest BCUT2D eigenvalue weighted by Crippen LogP contribution is 2.25. The van der Waals surface area contributed by atoms with Crippen LogP contribution in [0.2, 0.25) is 0 Å². The fraction of sp³-hybridized carbons (Fsp3) is 0.250. The quantitative estimate of drug-likeness (QED) is 0.743. The topological polar surface area (TPSA) is 32.7 Å². The van der Waals surface area contributed by atoms with Crippen molar-refractivity contribution in [3.63, 3.8) is 0 Å². The van der Waals surface area contributed by atoms with Gasteiger partial charge in [-0.3, -0.25) is 0 Å².